The van der Waals surface area contributed by atoms with Crippen molar-refractivity contribution in [2.24, 2.45) is 5.92 Å². The number of rotatable bonds is 3. The molecule has 4 nitrogen and oxygen atoms in total. The minimum atomic E-state index is -0.314. The normalized spacial score (nSPS) is 21.5. The van der Waals surface area contributed by atoms with Crippen molar-refractivity contribution in [3.05, 3.63) is 41.0 Å². The molecule has 0 bridgehead atoms. The maximum atomic E-state index is 12.3. The van der Waals surface area contributed by atoms with Crippen molar-refractivity contribution in [1.82, 2.24) is 5.32 Å². The van der Waals surface area contributed by atoms with E-state index in [1.807, 2.05) is 12.1 Å². The Bertz CT molecular complexity index is 646. The average Bonchev–Trinajstić information content (AvgIpc) is 2.55. The summed E-state index contributed by atoms with van der Waals surface area (Å²) < 4.78 is 0. The molecule has 1 fully saturated rings. The number of amides is 1. The van der Waals surface area contributed by atoms with Crippen LogP contribution < -0.4 is 5.32 Å². The molecule has 0 aliphatic heterocycles. The summed E-state index contributed by atoms with van der Waals surface area (Å²) in [6, 6.07) is 11.0. The third-order valence-corrected chi connectivity index (χ3v) is 4.14. The molecule has 0 heterocycles. The molecule has 22 heavy (non-hydrogen) atoms. The molecule has 1 N–H and O–H groups in total. The zero-order chi connectivity index (χ0) is 15.9. The SMILES string of the molecule is CC1CCCCC1NC(=O)/C(C#N)=C/c1ccc(C#N)cc1. The first-order valence-corrected chi connectivity index (χ1v) is 7.57. The summed E-state index contributed by atoms with van der Waals surface area (Å²) in [5, 5.41) is 21.0. The highest BCUT2D eigenvalue weighted by atomic mass is 16.1. The minimum Gasteiger partial charge on any atom is -0.348 e. The smallest absolute Gasteiger partial charge is 0.262 e. The molecule has 1 aromatic rings. The van der Waals surface area contributed by atoms with Crippen LogP contribution in [0.2, 0.25) is 0 Å². The van der Waals surface area contributed by atoms with Crippen LogP contribution >= 0.6 is 0 Å². The van der Waals surface area contributed by atoms with E-state index in [0.29, 0.717) is 11.5 Å². The number of benzene rings is 1. The fourth-order valence-corrected chi connectivity index (χ4v) is 2.75. The molecular formula is C18H19N3O. The summed E-state index contributed by atoms with van der Waals surface area (Å²) in [4.78, 5) is 12.3. The average molecular weight is 293 g/mol. The van der Waals surface area contributed by atoms with E-state index >= 15 is 0 Å². The molecule has 1 aromatic carbocycles. The number of nitriles is 2. The summed E-state index contributed by atoms with van der Waals surface area (Å²) in [5.74, 6) is 0.137. The van der Waals surface area contributed by atoms with Crippen LogP contribution in [0, 0.1) is 28.6 Å². The second-order valence-corrected chi connectivity index (χ2v) is 5.75. The van der Waals surface area contributed by atoms with Gasteiger partial charge in [0.05, 0.1) is 11.6 Å². The fraction of sp³-hybridized carbons (Fsp3) is 0.389. The van der Waals surface area contributed by atoms with Gasteiger partial charge in [-0.25, -0.2) is 0 Å². The maximum absolute atomic E-state index is 12.3. The van der Waals surface area contributed by atoms with Crippen molar-refractivity contribution in [2.45, 2.75) is 38.6 Å². The zero-order valence-electron chi connectivity index (χ0n) is 12.7. The van der Waals surface area contributed by atoms with E-state index < -0.39 is 0 Å². The second kappa shape index (κ2) is 7.43. The lowest BCUT2D eigenvalue weighted by atomic mass is 9.86. The lowest BCUT2D eigenvalue weighted by Crippen LogP contribution is -2.41. The Morgan fingerprint density at radius 3 is 2.50 bits per heavy atom. The van der Waals surface area contributed by atoms with Gasteiger partial charge in [-0.1, -0.05) is 31.9 Å². The molecule has 0 saturated heterocycles. The summed E-state index contributed by atoms with van der Waals surface area (Å²) in [7, 11) is 0. The van der Waals surface area contributed by atoms with Gasteiger partial charge >= 0.3 is 0 Å². The van der Waals surface area contributed by atoms with Crippen molar-refractivity contribution in [3.8, 4) is 12.1 Å². The predicted molar refractivity (Wildman–Crippen MR) is 84.3 cm³/mol. The highest BCUT2D eigenvalue weighted by Crippen LogP contribution is 2.24. The molecule has 1 aliphatic rings. The van der Waals surface area contributed by atoms with Crippen LogP contribution in [0.5, 0.6) is 0 Å². The van der Waals surface area contributed by atoms with Crippen molar-refractivity contribution >= 4 is 12.0 Å². The van der Waals surface area contributed by atoms with E-state index in [1.54, 1.807) is 30.3 Å². The van der Waals surface area contributed by atoms with E-state index in [0.717, 1.165) is 24.8 Å². The van der Waals surface area contributed by atoms with Gasteiger partial charge in [-0.15, -0.1) is 0 Å². The lowest BCUT2D eigenvalue weighted by Gasteiger charge is -2.29. The van der Waals surface area contributed by atoms with Crippen LogP contribution in [0.4, 0.5) is 0 Å². The summed E-state index contributed by atoms with van der Waals surface area (Å²) >= 11 is 0. The van der Waals surface area contributed by atoms with Gasteiger partial charge in [0.25, 0.3) is 5.91 Å². The number of nitrogens with one attached hydrogen (secondary N) is 1. The largest absolute Gasteiger partial charge is 0.348 e. The van der Waals surface area contributed by atoms with Gasteiger partial charge in [0.1, 0.15) is 11.6 Å². The molecule has 1 aliphatic carbocycles. The Morgan fingerprint density at radius 1 is 1.23 bits per heavy atom. The van der Waals surface area contributed by atoms with E-state index in [4.69, 9.17) is 5.26 Å². The van der Waals surface area contributed by atoms with Crippen LogP contribution in [0.25, 0.3) is 6.08 Å². The third-order valence-electron chi connectivity index (χ3n) is 4.14. The molecule has 0 radical (unpaired) electrons. The second-order valence-electron chi connectivity index (χ2n) is 5.75. The van der Waals surface area contributed by atoms with E-state index in [2.05, 4.69) is 12.2 Å². The minimum absolute atomic E-state index is 0.0995. The van der Waals surface area contributed by atoms with Gasteiger partial charge in [-0.2, -0.15) is 10.5 Å². The number of carbonyl (C=O) groups is 1. The Kier molecular flexibility index (Phi) is 5.33. The monoisotopic (exact) mass is 293 g/mol. The van der Waals surface area contributed by atoms with Crippen molar-refractivity contribution in [2.75, 3.05) is 0 Å². The standard InChI is InChI=1S/C18H19N3O/c1-13-4-2-3-5-17(13)21-18(22)16(12-20)10-14-6-8-15(11-19)9-7-14/h6-10,13,17H,2-5H2,1H3,(H,21,22)/b16-10+. The Labute approximate surface area is 131 Å². The van der Waals surface area contributed by atoms with Gasteiger partial charge in [0.2, 0.25) is 0 Å². The summed E-state index contributed by atoms with van der Waals surface area (Å²) in [6.45, 7) is 2.14. The molecule has 4 heteroatoms. The van der Waals surface area contributed by atoms with Crippen molar-refractivity contribution in [1.29, 1.82) is 10.5 Å². The molecule has 112 valence electrons. The van der Waals surface area contributed by atoms with Gasteiger partial charge in [-0.3, -0.25) is 4.79 Å². The first-order valence-electron chi connectivity index (χ1n) is 7.57. The first kappa shape index (κ1) is 15.8. The van der Waals surface area contributed by atoms with Gasteiger partial charge in [-0.05, 0) is 42.5 Å². The molecule has 1 amide bonds. The topological polar surface area (TPSA) is 76.7 Å². The fourth-order valence-electron chi connectivity index (χ4n) is 2.75. The Morgan fingerprint density at radius 2 is 1.91 bits per heavy atom. The molecule has 2 unspecified atom stereocenters. The predicted octanol–water partition coefficient (Wildman–Crippen LogP) is 3.16. The van der Waals surface area contributed by atoms with Crippen LogP contribution in [0.15, 0.2) is 29.8 Å². The van der Waals surface area contributed by atoms with E-state index in [1.165, 1.54) is 6.42 Å². The van der Waals surface area contributed by atoms with Crippen LogP contribution in [0.1, 0.15) is 43.7 Å². The van der Waals surface area contributed by atoms with E-state index in [-0.39, 0.29) is 17.5 Å². The molecule has 0 aromatic heterocycles. The quantitative estimate of drug-likeness (QED) is 0.687. The number of hydrogen-bond donors (Lipinski definition) is 1. The van der Waals surface area contributed by atoms with Crippen molar-refractivity contribution < 1.29 is 4.79 Å². The molecule has 0 spiro atoms. The number of hydrogen-bond acceptors (Lipinski definition) is 3. The third kappa shape index (κ3) is 3.96. The first-order chi connectivity index (χ1) is 10.6. The van der Waals surface area contributed by atoms with Crippen LogP contribution in [-0.4, -0.2) is 11.9 Å². The van der Waals surface area contributed by atoms with Gasteiger partial charge < -0.3 is 5.32 Å². The van der Waals surface area contributed by atoms with Gasteiger partial charge in [0.15, 0.2) is 0 Å². The summed E-state index contributed by atoms with van der Waals surface area (Å²) in [6.07, 6.45) is 5.98. The summed E-state index contributed by atoms with van der Waals surface area (Å²) in [5.41, 5.74) is 1.39. The molecular weight excluding hydrogens is 274 g/mol. The van der Waals surface area contributed by atoms with Crippen LogP contribution in [0.3, 0.4) is 0 Å². The van der Waals surface area contributed by atoms with Crippen LogP contribution in [-0.2, 0) is 4.79 Å². The Hall–Kier alpha value is -2.59. The molecule has 1 saturated carbocycles. The Balaban J connectivity index is 2.09. The maximum Gasteiger partial charge on any atom is 0.262 e. The van der Waals surface area contributed by atoms with E-state index in [9.17, 15) is 10.1 Å². The lowest BCUT2D eigenvalue weighted by molar-refractivity contribution is -0.118. The van der Waals surface area contributed by atoms with Gasteiger partial charge in [0, 0.05) is 6.04 Å². The molecule has 2 rings (SSSR count). The zero-order valence-corrected chi connectivity index (χ0v) is 12.7. The highest BCUT2D eigenvalue weighted by Gasteiger charge is 2.23. The highest BCUT2D eigenvalue weighted by molar-refractivity contribution is 6.01. The number of nitrogens with zero attached hydrogens (tertiary/aromatic N) is 2. The number of carbonyl (C=O) groups excluding carboxylic acids is 1. The molecule has 2 atom stereocenters. The van der Waals surface area contributed by atoms with Crippen molar-refractivity contribution in [3.63, 3.8) is 0 Å².